The fraction of sp³-hybridized carbons (Fsp3) is 0.0625. The van der Waals surface area contributed by atoms with Crippen molar-refractivity contribution in [1.29, 1.82) is 0 Å². The Bertz CT molecular complexity index is 1400. The summed E-state index contributed by atoms with van der Waals surface area (Å²) in [6.45, 7) is 0. The minimum atomic E-state index is -0.219. The molecule has 0 aliphatic heterocycles. The van der Waals surface area contributed by atoms with Crippen LogP contribution in [0, 0.1) is 0 Å². The molecular formula is C32H25ClO4. The number of benzene rings is 5. The molecule has 0 amide bonds. The van der Waals surface area contributed by atoms with Crippen LogP contribution >= 0.6 is 11.6 Å². The van der Waals surface area contributed by atoms with Crippen LogP contribution in [0.5, 0.6) is 23.0 Å². The van der Waals surface area contributed by atoms with Gasteiger partial charge in [0.2, 0.25) is 0 Å². The van der Waals surface area contributed by atoms with Crippen LogP contribution in [0.1, 0.15) is 45.2 Å². The normalized spacial score (nSPS) is 11.2. The molecule has 0 aromatic heterocycles. The van der Waals surface area contributed by atoms with Gasteiger partial charge in [0.05, 0.1) is 0 Å². The third-order valence-electron chi connectivity index (χ3n) is 6.57. The molecule has 0 aliphatic rings. The monoisotopic (exact) mass is 508 g/mol. The highest BCUT2D eigenvalue weighted by Gasteiger charge is 2.23. The second-order valence-corrected chi connectivity index (χ2v) is 9.42. The minimum Gasteiger partial charge on any atom is -0.508 e. The lowest BCUT2D eigenvalue weighted by molar-refractivity contribution is 0.474. The average Bonchev–Trinajstić information content (AvgIpc) is 2.90. The molecule has 0 radical (unpaired) electrons. The number of aromatic hydroxyl groups is 4. The lowest BCUT2D eigenvalue weighted by Crippen LogP contribution is -2.07. The van der Waals surface area contributed by atoms with E-state index in [1.54, 1.807) is 48.5 Å². The number of phenols is 4. The maximum Gasteiger partial charge on any atom is 0.115 e. The molecule has 5 aromatic carbocycles. The number of halogens is 1. The quantitative estimate of drug-likeness (QED) is 0.179. The van der Waals surface area contributed by atoms with Crippen molar-refractivity contribution in [1.82, 2.24) is 0 Å². The molecule has 0 aliphatic carbocycles. The average molecular weight is 509 g/mol. The Kier molecular flexibility index (Phi) is 6.76. The first-order chi connectivity index (χ1) is 17.9. The van der Waals surface area contributed by atoms with Crippen molar-refractivity contribution < 1.29 is 20.4 Å². The van der Waals surface area contributed by atoms with Crippen molar-refractivity contribution in [2.75, 3.05) is 0 Å². The topological polar surface area (TPSA) is 80.9 Å². The highest BCUT2D eigenvalue weighted by molar-refractivity contribution is 6.31. The summed E-state index contributed by atoms with van der Waals surface area (Å²) in [5, 5.41) is 39.9. The van der Waals surface area contributed by atoms with E-state index in [1.807, 2.05) is 66.7 Å². The molecule has 0 unspecified atom stereocenters. The third kappa shape index (κ3) is 5.25. The van der Waals surface area contributed by atoms with Crippen LogP contribution in [-0.4, -0.2) is 20.4 Å². The largest absolute Gasteiger partial charge is 0.508 e. The predicted molar refractivity (Wildman–Crippen MR) is 146 cm³/mol. The molecule has 0 fully saturated rings. The zero-order valence-electron chi connectivity index (χ0n) is 19.8. The van der Waals surface area contributed by atoms with Crippen molar-refractivity contribution in [3.63, 3.8) is 0 Å². The number of hydrogen-bond acceptors (Lipinski definition) is 4. The maximum absolute atomic E-state index is 9.83. The Morgan fingerprint density at radius 3 is 1.00 bits per heavy atom. The van der Waals surface area contributed by atoms with Crippen molar-refractivity contribution in [3.8, 4) is 23.0 Å². The van der Waals surface area contributed by atoms with Crippen molar-refractivity contribution in [2.45, 2.75) is 11.8 Å². The maximum atomic E-state index is 9.83. The zero-order chi connectivity index (χ0) is 25.9. The van der Waals surface area contributed by atoms with Gasteiger partial charge in [-0.15, -0.1) is 0 Å². The third-order valence-corrected chi connectivity index (χ3v) is 6.90. The number of rotatable bonds is 6. The van der Waals surface area contributed by atoms with Gasteiger partial charge in [0.1, 0.15) is 23.0 Å². The van der Waals surface area contributed by atoms with E-state index in [0.29, 0.717) is 5.02 Å². The van der Waals surface area contributed by atoms with Crippen LogP contribution in [0.3, 0.4) is 0 Å². The van der Waals surface area contributed by atoms with Gasteiger partial charge >= 0.3 is 0 Å². The van der Waals surface area contributed by atoms with Crippen molar-refractivity contribution in [3.05, 3.63) is 154 Å². The lowest BCUT2D eigenvalue weighted by atomic mass is 9.81. The highest BCUT2D eigenvalue weighted by atomic mass is 35.5. The van der Waals surface area contributed by atoms with E-state index >= 15 is 0 Å². The molecular weight excluding hydrogens is 484 g/mol. The molecule has 5 aromatic rings. The van der Waals surface area contributed by atoms with Gasteiger partial charge in [-0.05, 0) is 88.0 Å². The standard InChI is InChI=1S/C32H25ClO4/c33-30-19-24(31(20-1-10-25(34)11-2-20)21-3-12-26(35)13-4-21)9-18-29(30)32(22-5-14-27(36)15-6-22)23-7-16-28(37)17-8-23/h1-19,31-32,34-37H. The van der Waals surface area contributed by atoms with Gasteiger partial charge in [-0.2, -0.15) is 0 Å². The van der Waals surface area contributed by atoms with E-state index < -0.39 is 0 Å². The number of hydrogen-bond donors (Lipinski definition) is 4. The van der Waals surface area contributed by atoms with E-state index in [1.165, 1.54) is 0 Å². The predicted octanol–water partition coefficient (Wildman–Crippen LogP) is 7.52. The van der Waals surface area contributed by atoms with Gasteiger partial charge in [0.25, 0.3) is 0 Å². The van der Waals surface area contributed by atoms with Crippen LogP contribution in [0.25, 0.3) is 0 Å². The Hall–Kier alpha value is -4.41. The van der Waals surface area contributed by atoms with Crippen LogP contribution in [-0.2, 0) is 0 Å². The van der Waals surface area contributed by atoms with E-state index in [9.17, 15) is 20.4 Å². The summed E-state index contributed by atoms with van der Waals surface area (Å²) < 4.78 is 0. The van der Waals surface area contributed by atoms with Gasteiger partial charge in [0.15, 0.2) is 0 Å². The summed E-state index contributed by atoms with van der Waals surface area (Å²) >= 11 is 6.98. The van der Waals surface area contributed by atoms with Crippen LogP contribution < -0.4 is 0 Å². The van der Waals surface area contributed by atoms with E-state index in [0.717, 1.165) is 33.4 Å². The van der Waals surface area contributed by atoms with E-state index in [-0.39, 0.29) is 34.8 Å². The Labute approximate surface area is 220 Å². The molecule has 4 nitrogen and oxygen atoms in total. The summed E-state index contributed by atoms with van der Waals surface area (Å²) in [5.74, 6) is 0.345. The molecule has 184 valence electrons. The lowest BCUT2D eigenvalue weighted by Gasteiger charge is -2.23. The van der Waals surface area contributed by atoms with Crippen molar-refractivity contribution in [2.24, 2.45) is 0 Å². The second-order valence-electron chi connectivity index (χ2n) is 9.01. The molecule has 0 heterocycles. The highest BCUT2D eigenvalue weighted by Crippen LogP contribution is 2.40. The first kappa shape index (κ1) is 24.3. The number of phenolic OH excluding ortho intramolecular Hbond substituents is 4. The smallest absolute Gasteiger partial charge is 0.115 e. The van der Waals surface area contributed by atoms with Gasteiger partial charge in [-0.3, -0.25) is 0 Å². The fourth-order valence-corrected chi connectivity index (χ4v) is 5.05. The summed E-state index contributed by atoms with van der Waals surface area (Å²) in [5.41, 5.74) is 5.69. The SMILES string of the molecule is Oc1ccc(C(c2ccc(O)cc2)c2ccc(C(c3ccc(O)cc3)c3ccc(O)cc3)c(Cl)c2)cc1. The second kappa shape index (κ2) is 10.3. The van der Waals surface area contributed by atoms with Gasteiger partial charge in [0, 0.05) is 16.9 Å². The molecule has 0 saturated carbocycles. The Morgan fingerprint density at radius 1 is 0.378 bits per heavy atom. The fourth-order valence-electron chi connectivity index (χ4n) is 4.75. The minimum absolute atomic E-state index is 0.173. The summed E-state index contributed by atoms with van der Waals surface area (Å²) in [6, 6.07) is 34.2. The molecule has 5 rings (SSSR count). The van der Waals surface area contributed by atoms with E-state index in [2.05, 4.69) is 0 Å². The van der Waals surface area contributed by atoms with Crippen LogP contribution in [0.4, 0.5) is 0 Å². The molecule has 0 bridgehead atoms. The summed E-state index contributed by atoms with van der Waals surface area (Å²) in [4.78, 5) is 0. The molecule has 0 saturated heterocycles. The first-order valence-electron chi connectivity index (χ1n) is 11.8. The van der Waals surface area contributed by atoms with Crippen LogP contribution in [0.2, 0.25) is 5.02 Å². The van der Waals surface area contributed by atoms with Gasteiger partial charge in [-0.1, -0.05) is 72.3 Å². The van der Waals surface area contributed by atoms with E-state index in [4.69, 9.17) is 11.6 Å². The van der Waals surface area contributed by atoms with Crippen LogP contribution in [0.15, 0.2) is 115 Å². The van der Waals surface area contributed by atoms with Crippen molar-refractivity contribution >= 4 is 11.6 Å². The summed E-state index contributed by atoms with van der Waals surface area (Å²) in [7, 11) is 0. The van der Waals surface area contributed by atoms with Gasteiger partial charge in [-0.25, -0.2) is 0 Å². The van der Waals surface area contributed by atoms with Gasteiger partial charge < -0.3 is 20.4 Å². The Morgan fingerprint density at radius 2 is 0.676 bits per heavy atom. The molecule has 4 N–H and O–H groups in total. The Balaban J connectivity index is 1.62. The molecule has 37 heavy (non-hydrogen) atoms. The molecule has 0 spiro atoms. The first-order valence-corrected chi connectivity index (χ1v) is 12.2. The summed E-state index contributed by atoms with van der Waals surface area (Å²) in [6.07, 6.45) is 0. The molecule has 5 heteroatoms. The molecule has 0 atom stereocenters. The zero-order valence-corrected chi connectivity index (χ0v) is 20.5.